The summed E-state index contributed by atoms with van der Waals surface area (Å²) < 4.78 is 12.0. The number of nitrogens with zero attached hydrogens (tertiary/aromatic N) is 2. The van der Waals surface area contributed by atoms with E-state index in [4.69, 9.17) is 9.47 Å². The molecule has 128 valence electrons. The second-order valence-electron chi connectivity index (χ2n) is 6.21. The number of hydrogen-bond donors (Lipinski definition) is 0. The number of aromatic nitrogens is 1. The number of hydrogen-bond acceptors (Lipinski definition) is 5. The SMILES string of the molecule is CC(C)N(Cc1cccc2c1OCO2)C(=O)c1ccc2ncsc2c1. The molecular formula is C19H18N2O3S. The molecule has 0 saturated carbocycles. The van der Waals surface area contributed by atoms with Crippen molar-refractivity contribution < 1.29 is 14.3 Å². The van der Waals surface area contributed by atoms with Crippen LogP contribution in [0.25, 0.3) is 10.2 Å². The highest BCUT2D eigenvalue weighted by molar-refractivity contribution is 7.16. The van der Waals surface area contributed by atoms with Crippen molar-refractivity contribution in [2.75, 3.05) is 6.79 Å². The Morgan fingerprint density at radius 1 is 1.28 bits per heavy atom. The lowest BCUT2D eigenvalue weighted by Crippen LogP contribution is -2.36. The van der Waals surface area contributed by atoms with Crippen LogP contribution >= 0.6 is 11.3 Å². The molecule has 0 spiro atoms. The highest BCUT2D eigenvalue weighted by Gasteiger charge is 2.24. The van der Waals surface area contributed by atoms with Gasteiger partial charge >= 0.3 is 0 Å². The number of rotatable bonds is 4. The van der Waals surface area contributed by atoms with Gasteiger partial charge in [0, 0.05) is 17.2 Å². The average Bonchev–Trinajstić information content (AvgIpc) is 3.27. The molecule has 25 heavy (non-hydrogen) atoms. The molecule has 5 nitrogen and oxygen atoms in total. The van der Waals surface area contributed by atoms with Crippen molar-refractivity contribution in [3.8, 4) is 11.5 Å². The van der Waals surface area contributed by atoms with Gasteiger partial charge in [-0.3, -0.25) is 4.79 Å². The van der Waals surface area contributed by atoms with Crippen LogP contribution in [0.1, 0.15) is 29.8 Å². The molecule has 0 aliphatic carbocycles. The van der Waals surface area contributed by atoms with Crippen LogP contribution in [-0.2, 0) is 6.54 Å². The molecule has 0 saturated heterocycles. The molecule has 0 bridgehead atoms. The summed E-state index contributed by atoms with van der Waals surface area (Å²) in [5.41, 5.74) is 4.35. The predicted octanol–water partition coefficient (Wildman–Crippen LogP) is 4.08. The van der Waals surface area contributed by atoms with Crippen molar-refractivity contribution in [1.82, 2.24) is 9.88 Å². The summed E-state index contributed by atoms with van der Waals surface area (Å²) in [6.07, 6.45) is 0. The van der Waals surface area contributed by atoms with Crippen LogP contribution in [0.5, 0.6) is 11.5 Å². The lowest BCUT2D eigenvalue weighted by Gasteiger charge is -2.27. The maximum absolute atomic E-state index is 13.1. The van der Waals surface area contributed by atoms with Crippen LogP contribution < -0.4 is 9.47 Å². The summed E-state index contributed by atoms with van der Waals surface area (Å²) >= 11 is 1.54. The van der Waals surface area contributed by atoms with E-state index >= 15 is 0 Å². The summed E-state index contributed by atoms with van der Waals surface area (Å²) in [5.74, 6) is 1.47. The van der Waals surface area contributed by atoms with Crippen LogP contribution in [0.2, 0.25) is 0 Å². The summed E-state index contributed by atoms with van der Waals surface area (Å²) in [4.78, 5) is 19.2. The fourth-order valence-corrected chi connectivity index (χ4v) is 3.66. The van der Waals surface area contributed by atoms with Gasteiger partial charge < -0.3 is 14.4 Å². The van der Waals surface area contributed by atoms with Gasteiger partial charge in [-0.2, -0.15) is 0 Å². The van der Waals surface area contributed by atoms with Gasteiger partial charge in [0.05, 0.1) is 22.3 Å². The van der Waals surface area contributed by atoms with Crippen molar-refractivity contribution in [3.63, 3.8) is 0 Å². The first-order chi connectivity index (χ1) is 12.1. The number of thiazole rings is 1. The Hall–Kier alpha value is -2.60. The summed E-state index contributed by atoms with van der Waals surface area (Å²) in [7, 11) is 0. The van der Waals surface area contributed by atoms with E-state index in [1.807, 2.05) is 55.1 Å². The van der Waals surface area contributed by atoms with Crippen molar-refractivity contribution in [2.45, 2.75) is 26.4 Å². The van der Waals surface area contributed by atoms with Gasteiger partial charge in [0.1, 0.15) is 0 Å². The van der Waals surface area contributed by atoms with Gasteiger partial charge in [-0.15, -0.1) is 11.3 Å². The molecule has 1 amide bonds. The van der Waals surface area contributed by atoms with Crippen LogP contribution in [0.3, 0.4) is 0 Å². The molecule has 0 atom stereocenters. The molecule has 0 fully saturated rings. The smallest absolute Gasteiger partial charge is 0.254 e. The van der Waals surface area contributed by atoms with E-state index in [2.05, 4.69) is 4.98 Å². The molecule has 3 aromatic rings. The van der Waals surface area contributed by atoms with Crippen LogP contribution in [0.15, 0.2) is 41.9 Å². The molecule has 1 aliphatic heterocycles. The minimum atomic E-state index is 0.00168. The third kappa shape index (κ3) is 2.93. The van der Waals surface area contributed by atoms with Gasteiger partial charge in [0.25, 0.3) is 5.91 Å². The van der Waals surface area contributed by atoms with Crippen LogP contribution in [-0.4, -0.2) is 28.6 Å². The summed E-state index contributed by atoms with van der Waals surface area (Å²) in [6.45, 7) is 4.74. The highest BCUT2D eigenvalue weighted by Crippen LogP contribution is 2.36. The third-order valence-corrected chi connectivity index (χ3v) is 5.07. The van der Waals surface area contributed by atoms with Crippen molar-refractivity contribution in [1.29, 1.82) is 0 Å². The van der Waals surface area contributed by atoms with Crippen molar-refractivity contribution in [3.05, 3.63) is 53.0 Å². The van der Waals surface area contributed by atoms with E-state index in [9.17, 15) is 4.79 Å². The monoisotopic (exact) mass is 354 g/mol. The van der Waals surface area contributed by atoms with E-state index in [0.717, 1.165) is 27.3 Å². The Morgan fingerprint density at radius 3 is 3.00 bits per heavy atom. The quantitative estimate of drug-likeness (QED) is 0.708. The Kier molecular flexibility index (Phi) is 4.05. The fraction of sp³-hybridized carbons (Fsp3) is 0.263. The Balaban J connectivity index is 1.65. The topological polar surface area (TPSA) is 51.7 Å². The van der Waals surface area contributed by atoms with Gasteiger partial charge in [-0.25, -0.2) is 4.98 Å². The van der Waals surface area contributed by atoms with Crippen LogP contribution in [0.4, 0.5) is 0 Å². The number of amides is 1. The zero-order valence-corrected chi connectivity index (χ0v) is 14.9. The molecular weight excluding hydrogens is 336 g/mol. The van der Waals surface area contributed by atoms with E-state index in [0.29, 0.717) is 12.1 Å². The number of benzene rings is 2. The number of carbonyl (C=O) groups excluding carboxylic acids is 1. The minimum absolute atomic E-state index is 0.00168. The molecule has 6 heteroatoms. The van der Waals surface area contributed by atoms with Crippen molar-refractivity contribution >= 4 is 27.5 Å². The lowest BCUT2D eigenvalue weighted by molar-refractivity contribution is 0.0689. The van der Waals surface area contributed by atoms with E-state index in [1.54, 1.807) is 16.8 Å². The molecule has 1 aromatic heterocycles. The Morgan fingerprint density at radius 2 is 2.16 bits per heavy atom. The zero-order chi connectivity index (χ0) is 17.4. The molecule has 1 aliphatic rings. The van der Waals surface area contributed by atoms with Gasteiger partial charge in [0.15, 0.2) is 11.5 Å². The molecule has 2 aromatic carbocycles. The number of ether oxygens (including phenoxy) is 2. The number of para-hydroxylation sites is 1. The second kappa shape index (κ2) is 6.37. The molecule has 0 radical (unpaired) electrons. The van der Waals surface area contributed by atoms with Crippen LogP contribution in [0, 0.1) is 0 Å². The zero-order valence-electron chi connectivity index (χ0n) is 14.1. The Labute approximate surface area is 149 Å². The molecule has 2 heterocycles. The maximum atomic E-state index is 13.1. The Bertz CT molecular complexity index is 935. The first kappa shape index (κ1) is 15.9. The highest BCUT2D eigenvalue weighted by atomic mass is 32.1. The number of fused-ring (bicyclic) bond motifs is 2. The van der Waals surface area contributed by atoms with Crippen molar-refractivity contribution in [2.24, 2.45) is 0 Å². The van der Waals surface area contributed by atoms with Gasteiger partial charge in [-0.1, -0.05) is 12.1 Å². The molecule has 4 rings (SSSR count). The van der Waals surface area contributed by atoms with E-state index in [1.165, 1.54) is 0 Å². The van der Waals surface area contributed by atoms with Gasteiger partial charge in [0.2, 0.25) is 6.79 Å². The third-order valence-electron chi connectivity index (χ3n) is 4.28. The predicted molar refractivity (Wildman–Crippen MR) is 97.2 cm³/mol. The first-order valence-corrected chi connectivity index (χ1v) is 9.03. The normalized spacial score (nSPS) is 12.8. The molecule has 0 unspecified atom stereocenters. The molecule has 0 N–H and O–H groups in total. The average molecular weight is 354 g/mol. The van der Waals surface area contributed by atoms with Gasteiger partial charge in [-0.05, 0) is 38.1 Å². The standard InChI is InChI=1S/C19H18N2O3S/c1-12(2)21(9-14-4-3-5-16-18(14)24-11-23-16)19(22)13-6-7-15-17(8-13)25-10-20-15/h3-8,10,12H,9,11H2,1-2H3. The van der Waals surface area contributed by atoms with E-state index in [-0.39, 0.29) is 18.7 Å². The first-order valence-electron chi connectivity index (χ1n) is 8.15. The largest absolute Gasteiger partial charge is 0.454 e. The lowest BCUT2D eigenvalue weighted by atomic mass is 10.1. The number of carbonyl (C=O) groups is 1. The maximum Gasteiger partial charge on any atom is 0.254 e. The summed E-state index contributed by atoms with van der Waals surface area (Å²) in [5, 5.41) is 0. The minimum Gasteiger partial charge on any atom is -0.454 e. The van der Waals surface area contributed by atoms with E-state index < -0.39 is 0 Å². The summed E-state index contributed by atoms with van der Waals surface area (Å²) in [6, 6.07) is 11.5. The fourth-order valence-electron chi connectivity index (χ4n) is 2.94. The second-order valence-corrected chi connectivity index (χ2v) is 7.10.